The second-order valence-corrected chi connectivity index (χ2v) is 5.47. The van der Waals surface area contributed by atoms with Gasteiger partial charge in [-0.2, -0.15) is 11.8 Å². The first-order valence-corrected chi connectivity index (χ1v) is 7.26. The predicted octanol–water partition coefficient (Wildman–Crippen LogP) is 2.01. The Hall–Kier alpha value is -1.20. The van der Waals surface area contributed by atoms with Crippen molar-refractivity contribution in [2.24, 2.45) is 10.9 Å². The summed E-state index contributed by atoms with van der Waals surface area (Å²) >= 11 is 1.88. The van der Waals surface area contributed by atoms with Gasteiger partial charge in [-0.05, 0) is 30.9 Å². The Morgan fingerprint density at radius 1 is 1.56 bits per heavy atom. The summed E-state index contributed by atoms with van der Waals surface area (Å²) in [4.78, 5) is 0. The van der Waals surface area contributed by atoms with Gasteiger partial charge in [-0.1, -0.05) is 30.3 Å². The molecule has 0 spiro atoms. The average Bonchev–Trinajstić information content (AvgIpc) is 2.42. The number of amidine groups is 1. The zero-order valence-electron chi connectivity index (χ0n) is 10.9. The van der Waals surface area contributed by atoms with Crippen LogP contribution in [0.2, 0.25) is 0 Å². The smallest absolute Gasteiger partial charge is 0.170 e. The van der Waals surface area contributed by atoms with E-state index < -0.39 is 0 Å². The average molecular weight is 267 g/mol. The lowest BCUT2D eigenvalue weighted by Gasteiger charge is -2.09. The molecule has 1 aromatic carbocycles. The Morgan fingerprint density at radius 2 is 2.33 bits per heavy atom. The van der Waals surface area contributed by atoms with Crippen molar-refractivity contribution in [1.29, 1.82) is 0 Å². The molecule has 0 saturated carbocycles. The minimum absolute atomic E-state index is 0.146. The maximum atomic E-state index is 8.63. The van der Waals surface area contributed by atoms with E-state index in [9.17, 15) is 0 Å². The molecule has 1 rings (SSSR count). The molecule has 0 amide bonds. The zero-order chi connectivity index (χ0) is 13.4. The summed E-state index contributed by atoms with van der Waals surface area (Å²) in [5.74, 6) is 0.146. The molecule has 4 nitrogen and oxygen atoms in total. The van der Waals surface area contributed by atoms with Crippen molar-refractivity contribution in [1.82, 2.24) is 5.32 Å². The molecule has 1 unspecified atom stereocenters. The highest BCUT2D eigenvalue weighted by atomic mass is 32.2. The van der Waals surface area contributed by atoms with E-state index in [-0.39, 0.29) is 5.84 Å². The number of nitrogens with one attached hydrogen (secondary N) is 1. The fourth-order valence-electron chi connectivity index (χ4n) is 1.55. The summed E-state index contributed by atoms with van der Waals surface area (Å²) in [7, 11) is 0. The van der Waals surface area contributed by atoms with Crippen molar-refractivity contribution in [2.75, 3.05) is 12.8 Å². The van der Waals surface area contributed by atoms with Gasteiger partial charge in [-0.15, -0.1) is 0 Å². The number of hydrogen-bond acceptors (Lipinski definition) is 4. The molecule has 0 bridgehead atoms. The third-order valence-corrected chi connectivity index (χ3v) is 3.83. The highest BCUT2D eigenvalue weighted by Crippen LogP contribution is 2.09. The van der Waals surface area contributed by atoms with Crippen molar-refractivity contribution in [3.05, 3.63) is 35.4 Å². The quantitative estimate of drug-likeness (QED) is 0.232. The number of oxime groups is 1. The molecule has 5 heteroatoms. The van der Waals surface area contributed by atoms with E-state index in [0.29, 0.717) is 5.25 Å². The van der Waals surface area contributed by atoms with Gasteiger partial charge in [0.15, 0.2) is 5.84 Å². The molecule has 18 heavy (non-hydrogen) atoms. The molecule has 0 fully saturated rings. The summed E-state index contributed by atoms with van der Waals surface area (Å²) in [5.41, 5.74) is 7.43. The Balaban J connectivity index is 2.43. The summed E-state index contributed by atoms with van der Waals surface area (Å²) in [5, 5.41) is 15.7. The molecule has 1 atom stereocenters. The summed E-state index contributed by atoms with van der Waals surface area (Å²) in [6, 6.07) is 7.70. The van der Waals surface area contributed by atoms with Gasteiger partial charge in [0.05, 0.1) is 0 Å². The lowest BCUT2D eigenvalue weighted by Crippen LogP contribution is -2.18. The Morgan fingerprint density at radius 3 is 3.00 bits per heavy atom. The molecule has 4 N–H and O–H groups in total. The van der Waals surface area contributed by atoms with Gasteiger partial charge >= 0.3 is 0 Å². The molecule has 0 saturated heterocycles. The fraction of sp³-hybridized carbons (Fsp3) is 0.462. The van der Waals surface area contributed by atoms with Crippen LogP contribution in [0.25, 0.3) is 0 Å². The number of hydrogen-bond donors (Lipinski definition) is 3. The van der Waals surface area contributed by atoms with Gasteiger partial charge in [0.1, 0.15) is 0 Å². The predicted molar refractivity (Wildman–Crippen MR) is 78.3 cm³/mol. The van der Waals surface area contributed by atoms with E-state index in [1.807, 2.05) is 36.0 Å². The van der Waals surface area contributed by atoms with Crippen molar-refractivity contribution < 1.29 is 5.21 Å². The first kappa shape index (κ1) is 14.9. The van der Waals surface area contributed by atoms with Crippen LogP contribution in [0.3, 0.4) is 0 Å². The fourth-order valence-corrected chi connectivity index (χ4v) is 1.91. The van der Waals surface area contributed by atoms with Crippen molar-refractivity contribution >= 4 is 17.6 Å². The molecule has 100 valence electrons. The van der Waals surface area contributed by atoms with Crippen molar-refractivity contribution in [3.63, 3.8) is 0 Å². The number of nitrogens with zero attached hydrogens (tertiary/aromatic N) is 1. The van der Waals surface area contributed by atoms with Crippen LogP contribution >= 0.6 is 11.8 Å². The van der Waals surface area contributed by atoms with E-state index in [1.165, 1.54) is 0 Å². The van der Waals surface area contributed by atoms with Gasteiger partial charge in [0.25, 0.3) is 0 Å². The SMILES string of the molecule is CSC(C)CCNCc1cccc(/C(N)=N/O)c1. The van der Waals surface area contributed by atoms with Crippen LogP contribution in [0, 0.1) is 0 Å². The minimum Gasteiger partial charge on any atom is -0.409 e. The lowest BCUT2D eigenvalue weighted by atomic mass is 10.1. The van der Waals surface area contributed by atoms with Crippen LogP contribution in [-0.4, -0.2) is 29.1 Å². The van der Waals surface area contributed by atoms with E-state index in [0.717, 1.165) is 30.6 Å². The maximum Gasteiger partial charge on any atom is 0.170 e. The Labute approximate surface area is 113 Å². The summed E-state index contributed by atoms with van der Waals surface area (Å²) in [6.45, 7) is 4.02. The van der Waals surface area contributed by atoms with Gasteiger partial charge in [-0.25, -0.2) is 0 Å². The van der Waals surface area contributed by atoms with Gasteiger partial charge in [-0.3, -0.25) is 0 Å². The highest BCUT2D eigenvalue weighted by Gasteiger charge is 2.01. The van der Waals surface area contributed by atoms with E-state index in [4.69, 9.17) is 10.9 Å². The van der Waals surface area contributed by atoms with Crippen LogP contribution in [0.4, 0.5) is 0 Å². The van der Waals surface area contributed by atoms with E-state index >= 15 is 0 Å². The van der Waals surface area contributed by atoms with E-state index in [1.54, 1.807) is 0 Å². The lowest BCUT2D eigenvalue weighted by molar-refractivity contribution is 0.318. The summed E-state index contributed by atoms with van der Waals surface area (Å²) in [6.07, 6.45) is 3.28. The Kier molecular flexibility index (Phi) is 6.60. The maximum absolute atomic E-state index is 8.63. The van der Waals surface area contributed by atoms with Crippen LogP contribution in [0.5, 0.6) is 0 Å². The normalized spacial score (nSPS) is 13.6. The first-order chi connectivity index (χ1) is 8.67. The van der Waals surface area contributed by atoms with Crippen LogP contribution in [0.1, 0.15) is 24.5 Å². The standard InChI is InChI=1S/C13H21N3OS/c1-10(18-2)6-7-15-9-11-4-3-5-12(8-11)13(14)16-17/h3-5,8,10,15,17H,6-7,9H2,1-2H3,(H2,14,16). The molecule has 0 radical (unpaired) electrons. The van der Waals surface area contributed by atoms with Gasteiger partial charge in [0, 0.05) is 17.4 Å². The molecule has 0 aliphatic rings. The minimum atomic E-state index is 0.146. The molecular weight excluding hydrogens is 246 g/mol. The number of rotatable bonds is 7. The first-order valence-electron chi connectivity index (χ1n) is 5.97. The van der Waals surface area contributed by atoms with Gasteiger partial charge < -0.3 is 16.3 Å². The molecule has 1 aromatic rings. The second kappa shape index (κ2) is 8.00. The largest absolute Gasteiger partial charge is 0.409 e. The molecule has 0 aliphatic carbocycles. The molecule has 0 aromatic heterocycles. The molecular formula is C13H21N3OS. The van der Waals surface area contributed by atoms with Crippen LogP contribution in [0.15, 0.2) is 29.4 Å². The monoisotopic (exact) mass is 267 g/mol. The van der Waals surface area contributed by atoms with Crippen LogP contribution in [-0.2, 0) is 6.54 Å². The molecule has 0 heterocycles. The van der Waals surface area contributed by atoms with Gasteiger partial charge in [0.2, 0.25) is 0 Å². The zero-order valence-corrected chi connectivity index (χ0v) is 11.7. The molecule has 0 aliphatic heterocycles. The third kappa shape index (κ3) is 4.98. The van der Waals surface area contributed by atoms with E-state index in [2.05, 4.69) is 23.7 Å². The highest BCUT2D eigenvalue weighted by molar-refractivity contribution is 7.99. The van der Waals surface area contributed by atoms with Crippen molar-refractivity contribution in [3.8, 4) is 0 Å². The van der Waals surface area contributed by atoms with Crippen molar-refractivity contribution in [2.45, 2.75) is 25.1 Å². The number of nitrogens with two attached hydrogens (primary N) is 1. The third-order valence-electron chi connectivity index (χ3n) is 2.79. The second-order valence-electron chi connectivity index (χ2n) is 4.20. The number of benzene rings is 1. The van der Waals surface area contributed by atoms with Crippen LogP contribution < -0.4 is 11.1 Å². The number of thioether (sulfide) groups is 1. The topological polar surface area (TPSA) is 70.6 Å². The Bertz CT molecular complexity index is 396. The summed E-state index contributed by atoms with van der Waals surface area (Å²) < 4.78 is 0.